The van der Waals surface area contributed by atoms with Crippen LogP contribution in [0.1, 0.15) is 45.2 Å². The fourth-order valence-electron chi connectivity index (χ4n) is 3.37. The molecule has 0 aliphatic rings. The minimum absolute atomic E-state index is 0.0585. The molecule has 186 valence electrons. The van der Waals surface area contributed by atoms with Crippen molar-refractivity contribution < 1.29 is 18.0 Å². The van der Waals surface area contributed by atoms with Gasteiger partial charge in [0.1, 0.15) is 12.6 Å². The zero-order chi connectivity index (χ0) is 25.5. The van der Waals surface area contributed by atoms with Gasteiger partial charge in [0.15, 0.2) is 0 Å². The number of aryl methyl sites for hydroxylation is 1. The summed E-state index contributed by atoms with van der Waals surface area (Å²) in [5.41, 5.74) is 2.11. The van der Waals surface area contributed by atoms with Crippen molar-refractivity contribution >= 4 is 39.1 Å². The van der Waals surface area contributed by atoms with Crippen LogP contribution in [-0.4, -0.2) is 50.0 Å². The second kappa shape index (κ2) is 12.2. The van der Waals surface area contributed by atoms with Gasteiger partial charge in [0, 0.05) is 17.6 Å². The molecule has 0 aromatic heterocycles. The quantitative estimate of drug-likeness (QED) is 0.498. The lowest BCUT2D eigenvalue weighted by Gasteiger charge is -2.32. The molecule has 2 amide bonds. The molecule has 2 aromatic rings. The molecule has 0 spiro atoms. The molecule has 34 heavy (non-hydrogen) atoms. The number of amides is 2. The number of hydrogen-bond acceptors (Lipinski definition) is 4. The van der Waals surface area contributed by atoms with E-state index in [4.69, 9.17) is 11.6 Å². The third-order valence-electron chi connectivity index (χ3n) is 5.78. The van der Waals surface area contributed by atoms with E-state index < -0.39 is 28.5 Å². The largest absolute Gasteiger partial charge is 0.352 e. The monoisotopic (exact) mass is 507 g/mol. The first kappa shape index (κ1) is 27.7. The van der Waals surface area contributed by atoms with Crippen molar-refractivity contribution in [2.45, 2.75) is 59.2 Å². The Morgan fingerprint density at radius 3 is 2.18 bits per heavy atom. The highest BCUT2D eigenvalue weighted by Gasteiger charge is 2.30. The van der Waals surface area contributed by atoms with Crippen LogP contribution in [0.5, 0.6) is 0 Å². The van der Waals surface area contributed by atoms with E-state index in [0.717, 1.165) is 29.0 Å². The van der Waals surface area contributed by atoms with E-state index in [9.17, 15) is 18.0 Å². The highest BCUT2D eigenvalue weighted by atomic mass is 35.5. The summed E-state index contributed by atoms with van der Waals surface area (Å²) < 4.78 is 26.3. The number of carbonyl (C=O) groups is 2. The molecule has 7 nitrogen and oxygen atoms in total. The van der Waals surface area contributed by atoms with Crippen molar-refractivity contribution in [3.8, 4) is 0 Å². The summed E-state index contributed by atoms with van der Waals surface area (Å²) in [4.78, 5) is 27.8. The standard InChI is InChI=1S/C25H34ClN3O4S/c1-6-18(3)27-25(31)19(4)28(16-21-10-8-9-11-23(21)26)24(30)17-29(34(5,32)33)22-14-12-20(7-2)13-15-22/h8-15,18-19H,6-7,16-17H2,1-5H3,(H,27,31)/t18-,19-/m0/s1. The first-order valence-corrected chi connectivity index (χ1v) is 13.6. The smallest absolute Gasteiger partial charge is 0.244 e. The normalized spacial score (nSPS) is 13.1. The van der Waals surface area contributed by atoms with Crippen molar-refractivity contribution in [3.05, 3.63) is 64.7 Å². The van der Waals surface area contributed by atoms with Crippen LogP contribution in [0.25, 0.3) is 0 Å². The molecule has 0 aliphatic carbocycles. The summed E-state index contributed by atoms with van der Waals surface area (Å²) in [6.45, 7) is 7.11. The Hall–Kier alpha value is -2.58. The lowest BCUT2D eigenvalue weighted by Crippen LogP contribution is -2.52. The molecular formula is C25H34ClN3O4S. The molecule has 0 saturated carbocycles. The zero-order valence-corrected chi connectivity index (χ0v) is 22.0. The van der Waals surface area contributed by atoms with Crippen LogP contribution < -0.4 is 9.62 Å². The first-order chi connectivity index (χ1) is 16.0. The number of benzene rings is 2. The summed E-state index contributed by atoms with van der Waals surface area (Å²) in [6, 6.07) is 13.2. The fourth-order valence-corrected chi connectivity index (χ4v) is 4.42. The van der Waals surface area contributed by atoms with Gasteiger partial charge in [-0.2, -0.15) is 0 Å². The molecule has 0 fully saturated rings. The molecule has 2 aromatic carbocycles. The van der Waals surface area contributed by atoms with Crippen molar-refractivity contribution in [2.24, 2.45) is 0 Å². The van der Waals surface area contributed by atoms with E-state index in [2.05, 4.69) is 5.32 Å². The van der Waals surface area contributed by atoms with Crippen molar-refractivity contribution in [2.75, 3.05) is 17.1 Å². The van der Waals surface area contributed by atoms with Gasteiger partial charge >= 0.3 is 0 Å². The van der Waals surface area contributed by atoms with Crippen molar-refractivity contribution in [1.29, 1.82) is 0 Å². The molecule has 0 aliphatic heterocycles. The topological polar surface area (TPSA) is 86.8 Å². The second-order valence-corrected chi connectivity index (χ2v) is 10.7. The molecule has 9 heteroatoms. The summed E-state index contributed by atoms with van der Waals surface area (Å²) in [7, 11) is -3.76. The van der Waals surface area contributed by atoms with E-state index in [1.807, 2.05) is 32.9 Å². The summed E-state index contributed by atoms with van der Waals surface area (Å²) in [5, 5.41) is 3.36. The predicted molar refractivity (Wildman–Crippen MR) is 137 cm³/mol. The number of carbonyl (C=O) groups excluding carboxylic acids is 2. The summed E-state index contributed by atoms with van der Waals surface area (Å²) >= 11 is 6.32. The van der Waals surface area contributed by atoms with Gasteiger partial charge in [0.05, 0.1) is 11.9 Å². The van der Waals surface area contributed by atoms with E-state index in [-0.39, 0.29) is 18.5 Å². The SMILES string of the molecule is CCc1ccc(N(CC(=O)N(Cc2ccccc2Cl)[C@@H](C)C(=O)N[C@@H](C)CC)S(C)(=O)=O)cc1. The molecule has 0 saturated heterocycles. The molecule has 2 atom stereocenters. The Kier molecular flexibility index (Phi) is 9.94. The van der Waals surface area contributed by atoms with Gasteiger partial charge < -0.3 is 10.2 Å². The van der Waals surface area contributed by atoms with Gasteiger partial charge in [-0.3, -0.25) is 13.9 Å². The fraction of sp³-hybridized carbons (Fsp3) is 0.440. The number of hydrogen-bond donors (Lipinski definition) is 1. The van der Waals surface area contributed by atoms with Gasteiger partial charge in [-0.25, -0.2) is 8.42 Å². The first-order valence-electron chi connectivity index (χ1n) is 11.4. The third-order valence-corrected chi connectivity index (χ3v) is 7.29. The van der Waals surface area contributed by atoms with Crippen LogP contribution in [0, 0.1) is 0 Å². The summed E-state index contributed by atoms with van der Waals surface area (Å²) in [6.07, 6.45) is 2.62. The number of anilines is 1. The van der Waals surface area contributed by atoms with E-state index in [0.29, 0.717) is 16.3 Å². The maximum absolute atomic E-state index is 13.5. The Balaban J connectivity index is 2.39. The Labute approximate surface area is 208 Å². The van der Waals surface area contributed by atoms with E-state index in [1.54, 1.807) is 43.3 Å². The molecule has 0 heterocycles. The molecule has 2 rings (SSSR count). The maximum atomic E-state index is 13.5. The predicted octanol–water partition coefficient (Wildman–Crippen LogP) is 4.00. The van der Waals surface area contributed by atoms with Gasteiger partial charge in [0.2, 0.25) is 21.8 Å². The number of rotatable bonds is 11. The van der Waals surface area contributed by atoms with Gasteiger partial charge in [-0.05, 0) is 56.0 Å². The number of nitrogens with zero attached hydrogens (tertiary/aromatic N) is 2. The summed E-state index contributed by atoms with van der Waals surface area (Å²) in [5.74, 6) is -0.815. The Morgan fingerprint density at radius 2 is 1.65 bits per heavy atom. The van der Waals surface area contributed by atoms with Gasteiger partial charge in [0.25, 0.3) is 0 Å². The van der Waals surface area contributed by atoms with Crippen LogP contribution in [0.4, 0.5) is 5.69 Å². The minimum Gasteiger partial charge on any atom is -0.352 e. The average Bonchev–Trinajstić information content (AvgIpc) is 2.80. The van der Waals surface area contributed by atoms with Crippen molar-refractivity contribution in [3.63, 3.8) is 0 Å². The number of nitrogens with one attached hydrogen (secondary N) is 1. The van der Waals surface area contributed by atoms with Crippen LogP contribution in [-0.2, 0) is 32.6 Å². The molecule has 0 radical (unpaired) electrons. The Morgan fingerprint density at radius 1 is 1.03 bits per heavy atom. The van der Waals surface area contributed by atoms with Crippen LogP contribution in [0.15, 0.2) is 48.5 Å². The minimum atomic E-state index is -3.76. The molecule has 1 N–H and O–H groups in total. The van der Waals surface area contributed by atoms with E-state index in [1.165, 1.54) is 4.90 Å². The highest BCUT2D eigenvalue weighted by Crippen LogP contribution is 2.22. The highest BCUT2D eigenvalue weighted by molar-refractivity contribution is 7.92. The number of halogens is 1. The van der Waals surface area contributed by atoms with Gasteiger partial charge in [-0.15, -0.1) is 0 Å². The average molecular weight is 508 g/mol. The molecular weight excluding hydrogens is 474 g/mol. The third kappa shape index (κ3) is 7.46. The second-order valence-electron chi connectivity index (χ2n) is 8.40. The van der Waals surface area contributed by atoms with Crippen molar-refractivity contribution in [1.82, 2.24) is 10.2 Å². The molecule has 0 bridgehead atoms. The van der Waals surface area contributed by atoms with Crippen LogP contribution >= 0.6 is 11.6 Å². The zero-order valence-electron chi connectivity index (χ0n) is 20.4. The Bertz CT molecular complexity index is 1090. The van der Waals surface area contributed by atoms with E-state index >= 15 is 0 Å². The van der Waals surface area contributed by atoms with Crippen LogP contribution in [0.3, 0.4) is 0 Å². The lowest BCUT2D eigenvalue weighted by atomic mass is 10.1. The number of sulfonamides is 1. The molecule has 0 unspecified atom stereocenters. The van der Waals surface area contributed by atoms with Gasteiger partial charge in [-0.1, -0.05) is 55.8 Å². The van der Waals surface area contributed by atoms with Crippen LogP contribution in [0.2, 0.25) is 5.02 Å². The maximum Gasteiger partial charge on any atom is 0.244 e. The lowest BCUT2D eigenvalue weighted by molar-refractivity contribution is -0.139.